The molecule has 0 spiro atoms. The quantitative estimate of drug-likeness (QED) is 0.0194. The predicted octanol–water partition coefficient (Wildman–Crippen LogP) is 12.3. The maximum Gasteiger partial charge on any atom is 0.233 e. The molecular weight excluding hydrogens is 1420 g/mol. The van der Waals surface area contributed by atoms with Gasteiger partial charge in [0.25, 0.3) is 0 Å². The highest BCUT2D eigenvalue weighted by atomic mass is 16.2. The summed E-state index contributed by atoms with van der Waals surface area (Å²) in [6.07, 6.45) is 44.4. The van der Waals surface area contributed by atoms with Crippen LogP contribution in [0.4, 0.5) is 0 Å². The second-order valence-electron chi connectivity index (χ2n) is 37.7. The number of nitrogens with zero attached hydrogens (tertiary/aromatic N) is 10. The van der Waals surface area contributed by atoms with Crippen molar-refractivity contribution < 1.29 is 56.3 Å². The number of amides is 8. The van der Waals surface area contributed by atoms with Crippen LogP contribution in [0.5, 0.6) is 0 Å². The molecule has 22 nitrogen and oxygen atoms in total. The molecule has 113 heavy (non-hydrogen) atoms. The summed E-state index contributed by atoms with van der Waals surface area (Å²) in [6.45, 7) is 21.5. The summed E-state index contributed by atoms with van der Waals surface area (Å²) >= 11 is 0. The lowest BCUT2D eigenvalue weighted by Gasteiger charge is -2.32. The fourth-order valence-electron chi connectivity index (χ4n) is 15.4. The van der Waals surface area contributed by atoms with E-state index in [1.54, 1.807) is 0 Å². The molecule has 656 valence electrons. The number of hydrogen-bond donors (Lipinski definition) is 4. The molecular formula is C91H178N14O8+4. The van der Waals surface area contributed by atoms with E-state index in [4.69, 9.17) is 0 Å². The van der Waals surface area contributed by atoms with Crippen LogP contribution in [-0.4, -0.2) is 323 Å². The van der Waals surface area contributed by atoms with E-state index in [0.717, 1.165) is 140 Å². The Balaban J connectivity index is 2.62. The Morgan fingerprint density at radius 1 is 0.336 bits per heavy atom. The molecule has 4 unspecified atom stereocenters. The number of rotatable bonds is 74. The van der Waals surface area contributed by atoms with E-state index in [1.807, 2.05) is 0 Å². The van der Waals surface area contributed by atoms with Gasteiger partial charge in [-0.05, 0) is 63.3 Å². The van der Waals surface area contributed by atoms with Crippen LogP contribution in [0.25, 0.3) is 0 Å². The van der Waals surface area contributed by atoms with E-state index < -0.39 is 5.92 Å². The molecule has 2 heterocycles. The van der Waals surface area contributed by atoms with E-state index in [9.17, 15) is 38.4 Å². The third-order valence-corrected chi connectivity index (χ3v) is 22.7. The molecule has 8 amide bonds. The minimum absolute atomic E-state index is 0.000263. The van der Waals surface area contributed by atoms with Crippen LogP contribution < -0.4 is 21.3 Å². The van der Waals surface area contributed by atoms with E-state index >= 15 is 0 Å². The molecule has 0 aromatic heterocycles. The highest BCUT2D eigenvalue weighted by Crippen LogP contribution is 2.34. The van der Waals surface area contributed by atoms with Crippen LogP contribution in [-0.2, 0) is 38.4 Å². The number of nitrogens with one attached hydrogen (secondary N) is 4. The van der Waals surface area contributed by atoms with Gasteiger partial charge in [0.05, 0.1) is 123 Å². The van der Waals surface area contributed by atoms with Crippen LogP contribution in [0.3, 0.4) is 0 Å². The molecule has 4 N–H and O–H groups in total. The lowest BCUT2D eigenvalue weighted by Crippen LogP contribution is -2.46. The zero-order chi connectivity index (χ0) is 83.8. The third kappa shape index (κ3) is 54.9. The van der Waals surface area contributed by atoms with Gasteiger partial charge in [-0.2, -0.15) is 0 Å². The lowest BCUT2D eigenvalue weighted by atomic mass is 9.85. The Morgan fingerprint density at radius 2 is 0.602 bits per heavy atom. The van der Waals surface area contributed by atoms with Gasteiger partial charge >= 0.3 is 0 Å². The Labute approximate surface area is 692 Å². The minimum atomic E-state index is -0.394. The molecule has 0 aliphatic carbocycles. The van der Waals surface area contributed by atoms with Gasteiger partial charge in [0.15, 0.2) is 0 Å². The molecule has 0 radical (unpaired) electrons. The van der Waals surface area contributed by atoms with E-state index in [2.05, 4.69) is 177 Å². The molecule has 2 aliphatic heterocycles. The SMILES string of the molecule is CCCCCCCC/C=C/C(CCCCCCC)C1CC(=O)N(CCCN(CCC(=O)NCCC[N+](C)(C)C)CCN(CCC(=O)NCCC[N+](C)(C)C)CCN(CCC(=O)NCCC[N+](C)(C)C)CCN(CCC(=O)NCCC[N+](C)(C)C)CCN2C(=O)CC(C(/C=C/CCCCCCCC)CCCCCCC)C2=O)C1=O. The Kier molecular flexibility index (Phi) is 56.9. The van der Waals surface area contributed by atoms with Gasteiger partial charge in [0.2, 0.25) is 47.3 Å². The van der Waals surface area contributed by atoms with Crippen molar-refractivity contribution in [2.45, 2.75) is 265 Å². The van der Waals surface area contributed by atoms with Crippen LogP contribution in [0.15, 0.2) is 24.3 Å². The molecule has 0 aromatic carbocycles. The topological polar surface area (TPSA) is 204 Å². The number of quaternary nitrogens is 4. The zero-order valence-corrected chi connectivity index (χ0v) is 76.1. The highest BCUT2D eigenvalue weighted by molar-refractivity contribution is 6.04. The van der Waals surface area contributed by atoms with Crippen LogP contribution in [0.2, 0.25) is 0 Å². The molecule has 2 rings (SSSR count). The van der Waals surface area contributed by atoms with Crippen molar-refractivity contribution in [3.05, 3.63) is 24.3 Å². The number of imide groups is 2. The van der Waals surface area contributed by atoms with Crippen molar-refractivity contribution in [3.63, 3.8) is 0 Å². The predicted molar refractivity (Wildman–Crippen MR) is 469 cm³/mol. The summed E-state index contributed by atoms with van der Waals surface area (Å²) in [5.41, 5.74) is 0. The van der Waals surface area contributed by atoms with E-state index in [0.29, 0.717) is 118 Å². The van der Waals surface area contributed by atoms with Crippen LogP contribution in [0, 0.1) is 23.7 Å². The van der Waals surface area contributed by atoms with Gasteiger partial charge < -0.3 is 53.9 Å². The molecule has 0 bridgehead atoms. The lowest BCUT2D eigenvalue weighted by molar-refractivity contribution is -0.870. The summed E-state index contributed by atoms with van der Waals surface area (Å²) in [4.78, 5) is 125. The van der Waals surface area contributed by atoms with E-state index in [-0.39, 0.29) is 110 Å². The second kappa shape index (κ2) is 61.6. The van der Waals surface area contributed by atoms with Gasteiger partial charge in [-0.3, -0.25) is 53.1 Å². The highest BCUT2D eigenvalue weighted by Gasteiger charge is 2.43. The fraction of sp³-hybridized carbons (Fsp3) is 0.868. The first-order chi connectivity index (χ1) is 53.8. The van der Waals surface area contributed by atoms with Crippen molar-refractivity contribution in [2.75, 3.05) is 229 Å². The normalized spacial score (nSPS) is 16.0. The average molecular weight is 1600 g/mol. The van der Waals surface area contributed by atoms with Crippen molar-refractivity contribution in [1.82, 2.24) is 50.7 Å². The van der Waals surface area contributed by atoms with Gasteiger partial charge in [-0.15, -0.1) is 0 Å². The average Bonchev–Trinajstić information content (AvgIpc) is 1.68. The number of hydrogen-bond acceptors (Lipinski definition) is 12. The summed E-state index contributed by atoms with van der Waals surface area (Å²) < 4.78 is 3.21. The molecule has 22 heteroatoms. The fourth-order valence-corrected chi connectivity index (χ4v) is 15.4. The summed E-state index contributed by atoms with van der Waals surface area (Å²) in [5.74, 6) is -1.22. The summed E-state index contributed by atoms with van der Waals surface area (Å²) in [7, 11) is 25.8. The first-order valence-electron chi connectivity index (χ1n) is 46.0. The standard InChI is InChI=1S/C91H174N14O8/c1-17-21-25-29-31-33-37-41-50-80(48-39-35-27-23-19-3)82-78-88(110)100(90(82)112)61-47-60-96(62-52-84(106)92-56-43-74-102(5,6)7)66-67-97(63-53-85(107)93-57-44-75-103(8,9)10)68-69-98(64-54-86(108)94-58-45-76-104(11,12)13)70-71-99(65-55-87(109)95-59-46-77-105(14,15)16)72-73-101-89(111)79-83(91(101)113)81(49-40-36-28-24-20-4)51-42-38-34-32-30-26-22-18-2/h41-42,50-51,80-83H,17-40,43-49,52-79H2,1-16H3/p+4/b50-41+,51-42+. The Bertz CT molecular complexity index is 2630. The number of carbonyl (C=O) groups is 8. The van der Waals surface area contributed by atoms with E-state index in [1.165, 1.54) is 106 Å². The molecule has 2 saturated heterocycles. The van der Waals surface area contributed by atoms with Crippen molar-refractivity contribution in [2.24, 2.45) is 23.7 Å². The van der Waals surface area contributed by atoms with Crippen molar-refractivity contribution >= 4 is 47.3 Å². The number of carbonyl (C=O) groups excluding carboxylic acids is 8. The van der Waals surface area contributed by atoms with Gasteiger partial charge in [-0.25, -0.2) is 0 Å². The molecule has 2 aliphatic rings. The number of unbranched alkanes of at least 4 members (excludes halogenated alkanes) is 20. The summed E-state index contributed by atoms with van der Waals surface area (Å²) in [5, 5.41) is 12.7. The maximum atomic E-state index is 14.7. The Morgan fingerprint density at radius 3 is 0.903 bits per heavy atom. The first kappa shape index (κ1) is 104. The van der Waals surface area contributed by atoms with Crippen molar-refractivity contribution in [3.8, 4) is 0 Å². The minimum Gasteiger partial charge on any atom is -0.356 e. The van der Waals surface area contributed by atoms with Crippen LogP contribution >= 0.6 is 0 Å². The van der Waals surface area contributed by atoms with Gasteiger partial charge in [0, 0.05) is 175 Å². The van der Waals surface area contributed by atoms with Crippen molar-refractivity contribution in [1.29, 1.82) is 0 Å². The molecule has 0 aromatic rings. The zero-order valence-electron chi connectivity index (χ0n) is 76.1. The first-order valence-corrected chi connectivity index (χ1v) is 46.0. The Hall–Kier alpha value is -4.68. The molecule has 0 saturated carbocycles. The molecule has 2 fully saturated rings. The monoisotopic (exact) mass is 1600 g/mol. The molecule has 4 atom stereocenters. The number of likely N-dealkylation sites (tertiary alicyclic amines) is 2. The number of allylic oxidation sites excluding steroid dienone is 4. The van der Waals surface area contributed by atoms with Gasteiger partial charge in [0.1, 0.15) is 0 Å². The second-order valence-corrected chi connectivity index (χ2v) is 37.7. The smallest absolute Gasteiger partial charge is 0.233 e. The van der Waals surface area contributed by atoms with Gasteiger partial charge in [-0.1, -0.05) is 180 Å². The third-order valence-electron chi connectivity index (χ3n) is 22.7. The summed E-state index contributed by atoms with van der Waals surface area (Å²) in [6, 6.07) is 0. The van der Waals surface area contributed by atoms with Crippen LogP contribution in [0.1, 0.15) is 265 Å². The largest absolute Gasteiger partial charge is 0.356 e. The maximum absolute atomic E-state index is 14.7.